The first-order valence-electron chi connectivity index (χ1n) is 12.3. The summed E-state index contributed by atoms with van der Waals surface area (Å²) in [4.78, 5) is 13.6. The summed E-state index contributed by atoms with van der Waals surface area (Å²) in [5.74, 6) is 1.26. The van der Waals surface area contributed by atoms with Gasteiger partial charge in [-0.15, -0.1) is 0 Å². The number of nitro benzene ring substituents is 1. The summed E-state index contributed by atoms with van der Waals surface area (Å²) < 4.78 is 38.2. The van der Waals surface area contributed by atoms with Crippen molar-refractivity contribution in [3.05, 3.63) is 81.9 Å². The topological polar surface area (TPSA) is 114 Å². The van der Waals surface area contributed by atoms with Gasteiger partial charge >= 0.3 is 0 Å². The number of piperazine rings is 1. The van der Waals surface area contributed by atoms with Gasteiger partial charge < -0.3 is 19.7 Å². The van der Waals surface area contributed by atoms with Crippen molar-refractivity contribution in [3.63, 3.8) is 0 Å². The number of anilines is 2. The van der Waals surface area contributed by atoms with Crippen molar-refractivity contribution in [3.8, 4) is 11.5 Å². The highest BCUT2D eigenvalue weighted by Gasteiger charge is 2.29. The highest BCUT2D eigenvalue weighted by atomic mass is 32.2. The van der Waals surface area contributed by atoms with Gasteiger partial charge in [0.2, 0.25) is 10.0 Å². The number of benzene rings is 3. The highest BCUT2D eigenvalue weighted by Crippen LogP contribution is 2.31. The lowest BCUT2D eigenvalue weighted by atomic mass is 10.1. The van der Waals surface area contributed by atoms with Crippen LogP contribution in [0.15, 0.2) is 65.6 Å². The molecule has 1 N–H and O–H groups in total. The third-order valence-electron chi connectivity index (χ3n) is 6.62. The number of nitrogens with one attached hydrogen (secondary N) is 1. The van der Waals surface area contributed by atoms with Gasteiger partial charge in [0.25, 0.3) is 5.69 Å². The molecule has 0 bridgehead atoms. The molecule has 1 aliphatic rings. The quantitative estimate of drug-likeness (QED) is 0.302. The Hall–Kier alpha value is -3.83. The number of hydrogen-bond acceptors (Lipinski definition) is 8. The van der Waals surface area contributed by atoms with E-state index >= 15 is 0 Å². The largest absolute Gasteiger partial charge is 0.493 e. The van der Waals surface area contributed by atoms with Gasteiger partial charge in [-0.25, -0.2) is 8.42 Å². The predicted octanol–water partition coefficient (Wildman–Crippen LogP) is 4.09. The Morgan fingerprint density at radius 2 is 1.61 bits per heavy atom. The first-order chi connectivity index (χ1) is 18.2. The summed E-state index contributed by atoms with van der Waals surface area (Å²) >= 11 is 0. The SMILES string of the molecule is COc1ccc(CCNc2cc(N3CCN(S(=O)(=O)c4ccc(C)cc4)CC3)ccc2[N+](=O)[O-])cc1OC. The van der Waals surface area contributed by atoms with Crippen LogP contribution < -0.4 is 19.7 Å². The first-order valence-corrected chi connectivity index (χ1v) is 13.7. The Morgan fingerprint density at radius 1 is 0.921 bits per heavy atom. The number of rotatable bonds is 10. The Morgan fingerprint density at radius 3 is 2.24 bits per heavy atom. The van der Waals surface area contributed by atoms with Crippen LogP contribution in [0.2, 0.25) is 0 Å². The van der Waals surface area contributed by atoms with Crippen molar-refractivity contribution in [1.29, 1.82) is 0 Å². The molecule has 0 amide bonds. The average molecular weight is 541 g/mol. The lowest BCUT2D eigenvalue weighted by molar-refractivity contribution is -0.383. The second-order valence-electron chi connectivity index (χ2n) is 9.03. The molecular formula is C27H32N4O6S. The molecule has 0 aromatic heterocycles. The molecule has 1 saturated heterocycles. The predicted molar refractivity (Wildman–Crippen MR) is 147 cm³/mol. The summed E-state index contributed by atoms with van der Waals surface area (Å²) in [6, 6.07) is 17.4. The van der Waals surface area contributed by atoms with Crippen molar-refractivity contribution in [1.82, 2.24) is 4.31 Å². The minimum atomic E-state index is -3.57. The lowest BCUT2D eigenvalue weighted by Gasteiger charge is -2.35. The number of methoxy groups -OCH3 is 2. The van der Waals surface area contributed by atoms with Gasteiger partial charge in [-0.3, -0.25) is 10.1 Å². The summed E-state index contributed by atoms with van der Waals surface area (Å²) in [7, 11) is -0.417. The van der Waals surface area contributed by atoms with Crippen LogP contribution in [0.25, 0.3) is 0 Å². The number of nitro groups is 1. The fourth-order valence-electron chi connectivity index (χ4n) is 4.45. The van der Waals surface area contributed by atoms with E-state index in [-0.39, 0.29) is 10.6 Å². The van der Waals surface area contributed by atoms with Crippen LogP contribution in [0.5, 0.6) is 11.5 Å². The number of nitrogens with zero attached hydrogens (tertiary/aromatic N) is 3. The van der Waals surface area contributed by atoms with Gasteiger partial charge in [-0.2, -0.15) is 4.31 Å². The molecule has 1 aliphatic heterocycles. The van der Waals surface area contributed by atoms with Crippen LogP contribution >= 0.6 is 0 Å². The molecule has 0 unspecified atom stereocenters. The van der Waals surface area contributed by atoms with E-state index < -0.39 is 14.9 Å². The molecule has 4 rings (SSSR count). The Balaban J connectivity index is 1.43. The normalized spacial score (nSPS) is 14.2. The van der Waals surface area contributed by atoms with E-state index in [1.165, 1.54) is 10.4 Å². The Bertz CT molecular complexity index is 1390. The van der Waals surface area contributed by atoms with E-state index in [9.17, 15) is 18.5 Å². The molecule has 10 nitrogen and oxygen atoms in total. The van der Waals surface area contributed by atoms with E-state index in [4.69, 9.17) is 9.47 Å². The molecular weight excluding hydrogens is 508 g/mol. The monoisotopic (exact) mass is 540 g/mol. The van der Waals surface area contributed by atoms with Gasteiger partial charge in [-0.05, 0) is 55.3 Å². The second-order valence-corrected chi connectivity index (χ2v) is 11.0. The molecule has 0 saturated carbocycles. The average Bonchev–Trinajstić information content (AvgIpc) is 2.93. The zero-order valence-corrected chi connectivity index (χ0v) is 22.5. The Labute approximate surface area is 223 Å². The third kappa shape index (κ3) is 6.00. The molecule has 38 heavy (non-hydrogen) atoms. The lowest BCUT2D eigenvalue weighted by Crippen LogP contribution is -2.48. The number of sulfonamides is 1. The maximum atomic E-state index is 13.0. The molecule has 3 aromatic rings. The van der Waals surface area contributed by atoms with Gasteiger partial charge in [0.05, 0.1) is 24.0 Å². The minimum Gasteiger partial charge on any atom is -0.493 e. The van der Waals surface area contributed by atoms with E-state index in [1.54, 1.807) is 50.6 Å². The fraction of sp³-hybridized carbons (Fsp3) is 0.333. The summed E-state index contributed by atoms with van der Waals surface area (Å²) in [5.41, 5.74) is 3.21. The van der Waals surface area contributed by atoms with Crippen molar-refractivity contribution in [2.75, 3.05) is 57.2 Å². The van der Waals surface area contributed by atoms with Crippen LogP contribution in [-0.2, 0) is 16.4 Å². The van der Waals surface area contributed by atoms with Gasteiger partial charge in [-0.1, -0.05) is 23.8 Å². The molecule has 11 heteroatoms. The fourth-order valence-corrected chi connectivity index (χ4v) is 5.87. The maximum Gasteiger partial charge on any atom is 0.292 e. The summed E-state index contributed by atoms with van der Waals surface area (Å²) in [6.45, 7) is 4.01. The number of hydrogen-bond donors (Lipinski definition) is 1. The molecule has 1 fully saturated rings. The molecule has 0 radical (unpaired) electrons. The van der Waals surface area contributed by atoms with E-state index in [0.717, 1.165) is 16.8 Å². The van der Waals surface area contributed by atoms with Crippen LogP contribution in [0, 0.1) is 17.0 Å². The van der Waals surface area contributed by atoms with Crippen molar-refractivity contribution < 1.29 is 22.8 Å². The minimum absolute atomic E-state index is 0.0124. The maximum absolute atomic E-state index is 13.0. The van der Waals surface area contributed by atoms with Gasteiger partial charge in [0, 0.05) is 44.5 Å². The molecule has 1 heterocycles. The van der Waals surface area contributed by atoms with Crippen molar-refractivity contribution in [2.24, 2.45) is 0 Å². The second kappa shape index (κ2) is 11.7. The van der Waals surface area contributed by atoms with Crippen LogP contribution in [0.4, 0.5) is 17.1 Å². The summed E-state index contributed by atoms with van der Waals surface area (Å²) in [6.07, 6.45) is 0.622. The molecule has 0 aliphatic carbocycles. The third-order valence-corrected chi connectivity index (χ3v) is 8.53. The zero-order valence-electron chi connectivity index (χ0n) is 21.7. The van der Waals surface area contributed by atoms with E-state index in [2.05, 4.69) is 5.32 Å². The highest BCUT2D eigenvalue weighted by molar-refractivity contribution is 7.89. The smallest absolute Gasteiger partial charge is 0.292 e. The first kappa shape index (κ1) is 27.2. The molecule has 0 spiro atoms. The summed E-state index contributed by atoms with van der Waals surface area (Å²) in [5, 5.41) is 14.9. The van der Waals surface area contributed by atoms with Crippen LogP contribution in [0.1, 0.15) is 11.1 Å². The number of ether oxygens (including phenoxy) is 2. The van der Waals surface area contributed by atoms with Crippen LogP contribution in [-0.4, -0.2) is 64.6 Å². The van der Waals surface area contributed by atoms with E-state index in [0.29, 0.717) is 56.3 Å². The molecule has 202 valence electrons. The van der Waals surface area contributed by atoms with Crippen molar-refractivity contribution in [2.45, 2.75) is 18.2 Å². The molecule has 0 atom stereocenters. The van der Waals surface area contributed by atoms with Gasteiger partial charge in [0.15, 0.2) is 11.5 Å². The van der Waals surface area contributed by atoms with E-state index in [1.807, 2.05) is 30.0 Å². The standard InChI is InChI=1S/C27H32N4O6S/c1-20-4-8-23(9-5-20)38(34,35)30-16-14-29(15-17-30)22-7-10-25(31(32)33)24(19-22)28-13-12-21-6-11-26(36-2)27(18-21)37-3/h4-11,18-19,28H,12-17H2,1-3H3. The zero-order chi connectivity index (χ0) is 27.3. The van der Waals surface area contributed by atoms with Crippen molar-refractivity contribution >= 4 is 27.1 Å². The van der Waals surface area contributed by atoms with Gasteiger partial charge in [0.1, 0.15) is 5.69 Å². The van der Waals surface area contributed by atoms with Crippen LogP contribution in [0.3, 0.4) is 0 Å². The number of aryl methyl sites for hydroxylation is 1. The Kier molecular flexibility index (Phi) is 8.38. The molecule has 3 aromatic carbocycles.